The fraction of sp³-hybridized carbons (Fsp3) is 1.00. The Balaban J connectivity index is 1.16. The van der Waals surface area contributed by atoms with Crippen molar-refractivity contribution >= 4 is 0 Å². The fourth-order valence-electron chi connectivity index (χ4n) is 4.91. The lowest BCUT2D eigenvalue weighted by molar-refractivity contribution is 0.256. The molecule has 6 atom stereocenters. The SMILES string of the molecule is CC1CC(CCCCC23CCCCC2O3)CC2OC12. The van der Waals surface area contributed by atoms with Crippen LogP contribution in [0, 0.1) is 11.8 Å². The Labute approximate surface area is 117 Å². The minimum Gasteiger partial charge on any atom is -0.369 e. The lowest BCUT2D eigenvalue weighted by Crippen LogP contribution is -2.21. The van der Waals surface area contributed by atoms with Crippen molar-refractivity contribution in [1.29, 1.82) is 0 Å². The van der Waals surface area contributed by atoms with E-state index in [-0.39, 0.29) is 0 Å². The summed E-state index contributed by atoms with van der Waals surface area (Å²) >= 11 is 0. The molecule has 0 amide bonds. The molecule has 0 radical (unpaired) electrons. The van der Waals surface area contributed by atoms with Gasteiger partial charge in [0.15, 0.2) is 0 Å². The van der Waals surface area contributed by atoms with Gasteiger partial charge in [-0.3, -0.25) is 0 Å². The molecule has 108 valence electrons. The summed E-state index contributed by atoms with van der Waals surface area (Å²) in [6.45, 7) is 2.38. The number of rotatable bonds is 5. The molecule has 2 saturated heterocycles. The second-order valence-corrected chi connectivity index (χ2v) is 7.62. The summed E-state index contributed by atoms with van der Waals surface area (Å²) in [6, 6.07) is 0. The largest absolute Gasteiger partial charge is 0.369 e. The van der Waals surface area contributed by atoms with E-state index in [1.807, 2.05) is 0 Å². The maximum atomic E-state index is 5.98. The normalized spacial score (nSPS) is 51.3. The van der Waals surface area contributed by atoms with Crippen LogP contribution in [0.5, 0.6) is 0 Å². The summed E-state index contributed by atoms with van der Waals surface area (Å²) in [5.74, 6) is 1.76. The lowest BCUT2D eigenvalue weighted by atomic mass is 9.79. The molecule has 4 rings (SSSR count). The highest BCUT2D eigenvalue weighted by Gasteiger charge is 2.56. The van der Waals surface area contributed by atoms with Gasteiger partial charge in [-0.2, -0.15) is 0 Å². The zero-order chi connectivity index (χ0) is 12.9. The minimum absolute atomic E-state index is 0.364. The molecule has 4 fully saturated rings. The van der Waals surface area contributed by atoms with Crippen LogP contribution in [0.4, 0.5) is 0 Å². The zero-order valence-electron chi connectivity index (χ0n) is 12.3. The molecular formula is C17H28O2. The molecular weight excluding hydrogens is 236 g/mol. The molecule has 2 aliphatic carbocycles. The first-order valence-corrected chi connectivity index (χ1v) is 8.60. The third kappa shape index (κ3) is 2.47. The molecule has 0 spiro atoms. The van der Waals surface area contributed by atoms with Gasteiger partial charge in [0.1, 0.15) is 0 Å². The summed E-state index contributed by atoms with van der Waals surface area (Å²) in [6.07, 6.45) is 15.7. The van der Waals surface area contributed by atoms with E-state index in [0.717, 1.165) is 11.8 Å². The Kier molecular flexibility index (Phi) is 3.15. The van der Waals surface area contributed by atoms with Crippen molar-refractivity contribution in [1.82, 2.24) is 0 Å². The van der Waals surface area contributed by atoms with E-state index in [9.17, 15) is 0 Å². The van der Waals surface area contributed by atoms with Gasteiger partial charge < -0.3 is 9.47 Å². The quantitative estimate of drug-likeness (QED) is 0.552. The molecule has 0 bridgehead atoms. The summed E-state index contributed by atoms with van der Waals surface area (Å²) in [5, 5.41) is 0. The van der Waals surface area contributed by atoms with Crippen LogP contribution in [-0.4, -0.2) is 23.9 Å². The maximum Gasteiger partial charge on any atom is 0.0948 e. The van der Waals surface area contributed by atoms with Gasteiger partial charge in [-0.25, -0.2) is 0 Å². The van der Waals surface area contributed by atoms with Crippen LogP contribution in [0.25, 0.3) is 0 Å². The van der Waals surface area contributed by atoms with E-state index in [4.69, 9.17) is 9.47 Å². The van der Waals surface area contributed by atoms with Gasteiger partial charge in [-0.05, 0) is 43.9 Å². The van der Waals surface area contributed by atoms with Gasteiger partial charge in [0.2, 0.25) is 0 Å². The number of hydrogen-bond acceptors (Lipinski definition) is 2. The standard InChI is InChI=1S/C17H28O2/c1-12-10-13(11-14-16(12)18-14)6-2-4-8-17-9-5-3-7-15(17)19-17/h12-16H,2-11H2,1H3. The first-order valence-electron chi connectivity index (χ1n) is 8.60. The van der Waals surface area contributed by atoms with E-state index in [1.165, 1.54) is 64.2 Å². The topological polar surface area (TPSA) is 25.1 Å². The molecule has 6 unspecified atom stereocenters. The van der Waals surface area contributed by atoms with Crippen molar-refractivity contribution in [2.75, 3.05) is 0 Å². The summed E-state index contributed by atoms with van der Waals surface area (Å²) in [4.78, 5) is 0. The maximum absolute atomic E-state index is 5.98. The molecule has 4 aliphatic rings. The van der Waals surface area contributed by atoms with Crippen molar-refractivity contribution in [2.24, 2.45) is 11.8 Å². The molecule has 2 heterocycles. The van der Waals surface area contributed by atoms with Crippen molar-refractivity contribution in [3.63, 3.8) is 0 Å². The van der Waals surface area contributed by atoms with Crippen molar-refractivity contribution < 1.29 is 9.47 Å². The van der Waals surface area contributed by atoms with Crippen LogP contribution in [0.15, 0.2) is 0 Å². The average molecular weight is 264 g/mol. The van der Waals surface area contributed by atoms with Crippen LogP contribution in [-0.2, 0) is 9.47 Å². The summed E-state index contributed by atoms with van der Waals surface area (Å²) in [5.41, 5.74) is 0.364. The second kappa shape index (κ2) is 4.73. The number of ether oxygens (including phenoxy) is 2. The predicted octanol–water partition coefficient (Wildman–Crippen LogP) is 4.07. The molecule has 19 heavy (non-hydrogen) atoms. The monoisotopic (exact) mass is 264 g/mol. The first-order chi connectivity index (χ1) is 9.27. The molecule has 2 saturated carbocycles. The van der Waals surface area contributed by atoms with Gasteiger partial charge >= 0.3 is 0 Å². The number of fused-ring (bicyclic) bond motifs is 2. The minimum atomic E-state index is 0.364. The predicted molar refractivity (Wildman–Crippen MR) is 75.1 cm³/mol. The molecule has 0 N–H and O–H groups in total. The van der Waals surface area contributed by atoms with Crippen LogP contribution in [0.3, 0.4) is 0 Å². The molecule has 0 aromatic rings. The highest BCUT2D eigenvalue weighted by atomic mass is 16.6. The van der Waals surface area contributed by atoms with E-state index >= 15 is 0 Å². The Morgan fingerprint density at radius 2 is 2.11 bits per heavy atom. The molecule has 2 aliphatic heterocycles. The van der Waals surface area contributed by atoms with E-state index in [1.54, 1.807) is 0 Å². The number of hydrogen-bond donors (Lipinski definition) is 0. The summed E-state index contributed by atoms with van der Waals surface area (Å²) < 4.78 is 11.7. The van der Waals surface area contributed by atoms with Crippen LogP contribution >= 0.6 is 0 Å². The van der Waals surface area contributed by atoms with Gasteiger partial charge in [-0.1, -0.05) is 39.0 Å². The Morgan fingerprint density at radius 1 is 1.16 bits per heavy atom. The Morgan fingerprint density at radius 3 is 2.95 bits per heavy atom. The fourth-order valence-corrected chi connectivity index (χ4v) is 4.91. The van der Waals surface area contributed by atoms with Gasteiger partial charge in [0.25, 0.3) is 0 Å². The van der Waals surface area contributed by atoms with Crippen molar-refractivity contribution in [2.45, 2.75) is 95.0 Å². The smallest absolute Gasteiger partial charge is 0.0948 e. The third-order valence-corrected chi connectivity index (χ3v) is 6.14. The van der Waals surface area contributed by atoms with Gasteiger partial charge in [-0.15, -0.1) is 0 Å². The van der Waals surface area contributed by atoms with Crippen LogP contribution in [0.1, 0.15) is 71.1 Å². The highest BCUT2D eigenvalue weighted by Crippen LogP contribution is 2.51. The van der Waals surface area contributed by atoms with E-state index in [2.05, 4.69) is 6.92 Å². The van der Waals surface area contributed by atoms with E-state index in [0.29, 0.717) is 23.9 Å². The second-order valence-electron chi connectivity index (χ2n) is 7.62. The number of epoxide rings is 2. The van der Waals surface area contributed by atoms with E-state index < -0.39 is 0 Å². The zero-order valence-corrected chi connectivity index (χ0v) is 12.3. The van der Waals surface area contributed by atoms with Crippen LogP contribution in [0.2, 0.25) is 0 Å². The third-order valence-electron chi connectivity index (χ3n) is 6.14. The molecule has 0 aromatic carbocycles. The van der Waals surface area contributed by atoms with Gasteiger partial charge in [0, 0.05) is 0 Å². The van der Waals surface area contributed by atoms with Crippen LogP contribution < -0.4 is 0 Å². The molecule has 2 heteroatoms. The average Bonchev–Trinajstić information content (AvgIpc) is 3.28. The molecule has 0 aromatic heterocycles. The molecule has 2 nitrogen and oxygen atoms in total. The van der Waals surface area contributed by atoms with Crippen molar-refractivity contribution in [3.05, 3.63) is 0 Å². The van der Waals surface area contributed by atoms with Gasteiger partial charge in [0.05, 0.1) is 23.9 Å². The Hall–Kier alpha value is -0.0800. The Bertz CT molecular complexity index is 342. The number of unbranched alkanes of at least 4 members (excludes halogenated alkanes) is 1. The first kappa shape index (κ1) is 12.6. The highest BCUT2D eigenvalue weighted by molar-refractivity contribution is 5.04. The summed E-state index contributed by atoms with van der Waals surface area (Å²) in [7, 11) is 0. The lowest BCUT2D eigenvalue weighted by Gasteiger charge is -2.24. The van der Waals surface area contributed by atoms with Crippen molar-refractivity contribution in [3.8, 4) is 0 Å².